The number of hydrogen-bond donors (Lipinski definition) is 1. The van der Waals surface area contributed by atoms with E-state index < -0.39 is 11.3 Å². The summed E-state index contributed by atoms with van der Waals surface area (Å²) in [6, 6.07) is 24.1. The maximum atomic E-state index is 12.6. The molecular weight excluding hydrogens is 326 g/mol. The van der Waals surface area contributed by atoms with E-state index in [-0.39, 0.29) is 5.69 Å². The number of carbonyl (C=O) groups is 1. The molecule has 0 fully saturated rings. The first-order chi connectivity index (χ1) is 12.7. The molecule has 0 radical (unpaired) electrons. The number of carbonyl (C=O) groups excluding carboxylic acids is 1. The molecule has 5 heteroatoms. The minimum absolute atomic E-state index is 0.149. The van der Waals surface area contributed by atoms with Crippen LogP contribution in [0.5, 0.6) is 0 Å². The van der Waals surface area contributed by atoms with Crippen molar-refractivity contribution in [1.82, 2.24) is 9.78 Å². The second-order valence-electron chi connectivity index (χ2n) is 5.82. The summed E-state index contributed by atoms with van der Waals surface area (Å²) in [5.74, 6) is -0.532. The number of benzene rings is 3. The zero-order valence-electron chi connectivity index (χ0n) is 13.8. The minimum Gasteiger partial charge on any atom is -0.320 e. The molecule has 4 rings (SSSR count). The zero-order chi connectivity index (χ0) is 17.9. The molecule has 0 saturated heterocycles. The summed E-state index contributed by atoms with van der Waals surface area (Å²) < 4.78 is 1.51. The molecular formula is C21H15N3O2. The fraction of sp³-hybridized carbons (Fsp3) is 0. The third kappa shape index (κ3) is 3.10. The van der Waals surface area contributed by atoms with Crippen molar-refractivity contribution in [1.29, 1.82) is 0 Å². The predicted molar refractivity (Wildman–Crippen MR) is 102 cm³/mol. The number of fused-ring (bicyclic) bond motifs is 1. The van der Waals surface area contributed by atoms with Crippen molar-refractivity contribution < 1.29 is 4.79 Å². The highest BCUT2D eigenvalue weighted by Gasteiger charge is 2.14. The molecule has 3 aromatic carbocycles. The zero-order valence-corrected chi connectivity index (χ0v) is 13.8. The van der Waals surface area contributed by atoms with Crippen molar-refractivity contribution in [3.63, 3.8) is 0 Å². The predicted octanol–water partition coefficient (Wildman–Crippen LogP) is 3.64. The Balaban J connectivity index is 1.66. The number of nitrogens with zero attached hydrogens (tertiary/aromatic N) is 2. The maximum Gasteiger partial charge on any atom is 0.280 e. The Morgan fingerprint density at radius 2 is 1.58 bits per heavy atom. The van der Waals surface area contributed by atoms with Crippen molar-refractivity contribution in [3.8, 4) is 5.69 Å². The van der Waals surface area contributed by atoms with E-state index in [0.29, 0.717) is 5.69 Å². The molecule has 0 unspecified atom stereocenters. The summed E-state index contributed by atoms with van der Waals surface area (Å²) in [7, 11) is 0. The summed E-state index contributed by atoms with van der Waals surface area (Å²) in [5.41, 5.74) is 0.817. The monoisotopic (exact) mass is 341 g/mol. The van der Waals surface area contributed by atoms with Gasteiger partial charge in [-0.25, -0.2) is 4.68 Å². The lowest BCUT2D eigenvalue weighted by molar-refractivity contribution is 0.101. The Kier molecular flexibility index (Phi) is 4.03. The number of rotatable bonds is 3. The van der Waals surface area contributed by atoms with E-state index in [2.05, 4.69) is 10.4 Å². The first-order valence-electron chi connectivity index (χ1n) is 8.16. The molecule has 5 nitrogen and oxygen atoms in total. The number of hydrogen-bond acceptors (Lipinski definition) is 3. The minimum atomic E-state index is -0.532. The lowest BCUT2D eigenvalue weighted by atomic mass is 10.1. The molecule has 0 spiro atoms. The van der Waals surface area contributed by atoms with Gasteiger partial charge in [0, 0.05) is 18.0 Å². The van der Waals surface area contributed by atoms with Crippen molar-refractivity contribution in [2.24, 2.45) is 0 Å². The summed E-state index contributed by atoms with van der Waals surface area (Å²) in [4.78, 5) is 24.7. The van der Waals surface area contributed by atoms with Gasteiger partial charge in [-0.2, -0.15) is 5.10 Å². The van der Waals surface area contributed by atoms with Crippen LogP contribution in [0.2, 0.25) is 0 Å². The molecule has 0 aliphatic rings. The first-order valence-corrected chi connectivity index (χ1v) is 8.16. The van der Waals surface area contributed by atoms with Gasteiger partial charge in [0.1, 0.15) is 0 Å². The Morgan fingerprint density at radius 3 is 2.38 bits per heavy atom. The van der Waals surface area contributed by atoms with E-state index >= 15 is 0 Å². The lowest BCUT2D eigenvalue weighted by Gasteiger charge is -2.08. The Hall–Kier alpha value is -3.73. The molecule has 0 atom stereocenters. The number of anilines is 1. The van der Waals surface area contributed by atoms with Gasteiger partial charge in [-0.3, -0.25) is 9.59 Å². The third-order valence-electron chi connectivity index (χ3n) is 4.05. The van der Waals surface area contributed by atoms with Gasteiger partial charge in [0.25, 0.3) is 5.91 Å². The summed E-state index contributed by atoms with van der Waals surface area (Å²) in [6.07, 6.45) is 1.55. The molecule has 1 amide bonds. The highest BCUT2D eigenvalue weighted by molar-refractivity contribution is 6.03. The van der Waals surface area contributed by atoms with Crippen LogP contribution >= 0.6 is 0 Å². The van der Waals surface area contributed by atoms with Gasteiger partial charge in [0.05, 0.1) is 5.69 Å². The fourth-order valence-electron chi connectivity index (χ4n) is 2.75. The number of amides is 1. The van der Waals surface area contributed by atoms with Crippen LogP contribution in [0.3, 0.4) is 0 Å². The van der Waals surface area contributed by atoms with Crippen LogP contribution in [0.1, 0.15) is 10.5 Å². The van der Waals surface area contributed by atoms with Gasteiger partial charge in [0.2, 0.25) is 5.43 Å². The summed E-state index contributed by atoms with van der Waals surface area (Å²) >= 11 is 0. The third-order valence-corrected chi connectivity index (χ3v) is 4.05. The molecule has 26 heavy (non-hydrogen) atoms. The molecule has 1 heterocycles. The van der Waals surface area contributed by atoms with Crippen molar-refractivity contribution >= 4 is 22.4 Å². The van der Waals surface area contributed by atoms with E-state index in [1.54, 1.807) is 12.3 Å². The standard InChI is InChI=1S/C21H15N3O2/c25-19-12-13-24(18-8-2-1-3-9-18)23-20(19)21(26)22-17-11-10-15-6-4-5-7-16(15)14-17/h1-14H,(H,22,26). The van der Waals surface area contributed by atoms with Crippen LogP contribution in [-0.2, 0) is 0 Å². The summed E-state index contributed by atoms with van der Waals surface area (Å²) in [6.45, 7) is 0. The molecule has 0 aliphatic heterocycles. The Labute approximate surface area is 149 Å². The van der Waals surface area contributed by atoms with E-state index in [1.165, 1.54) is 10.7 Å². The van der Waals surface area contributed by atoms with Crippen molar-refractivity contribution in [3.05, 3.63) is 101 Å². The number of nitrogens with one attached hydrogen (secondary N) is 1. The highest BCUT2D eigenvalue weighted by atomic mass is 16.2. The van der Waals surface area contributed by atoms with E-state index in [0.717, 1.165) is 16.5 Å². The number of para-hydroxylation sites is 1. The smallest absolute Gasteiger partial charge is 0.280 e. The van der Waals surface area contributed by atoms with Crippen LogP contribution < -0.4 is 10.7 Å². The Bertz CT molecular complexity index is 1150. The summed E-state index contributed by atoms with van der Waals surface area (Å²) in [5, 5.41) is 9.03. The average molecular weight is 341 g/mol. The molecule has 1 aromatic heterocycles. The quantitative estimate of drug-likeness (QED) is 0.619. The average Bonchev–Trinajstić information content (AvgIpc) is 2.69. The molecule has 0 bridgehead atoms. The van der Waals surface area contributed by atoms with E-state index in [9.17, 15) is 9.59 Å². The van der Waals surface area contributed by atoms with Crippen LogP contribution in [-0.4, -0.2) is 15.7 Å². The first kappa shape index (κ1) is 15.8. The van der Waals surface area contributed by atoms with E-state index in [4.69, 9.17) is 0 Å². The molecule has 4 aromatic rings. The van der Waals surface area contributed by atoms with Gasteiger partial charge in [-0.15, -0.1) is 0 Å². The van der Waals surface area contributed by atoms with Crippen LogP contribution in [0.15, 0.2) is 89.9 Å². The largest absolute Gasteiger partial charge is 0.320 e. The molecule has 126 valence electrons. The Morgan fingerprint density at radius 1 is 0.846 bits per heavy atom. The molecule has 1 N–H and O–H groups in total. The normalized spacial score (nSPS) is 10.6. The van der Waals surface area contributed by atoms with Crippen LogP contribution in [0, 0.1) is 0 Å². The molecule has 0 aliphatic carbocycles. The van der Waals surface area contributed by atoms with Gasteiger partial charge in [-0.05, 0) is 35.0 Å². The van der Waals surface area contributed by atoms with E-state index in [1.807, 2.05) is 66.7 Å². The van der Waals surface area contributed by atoms with Crippen LogP contribution in [0.25, 0.3) is 16.5 Å². The van der Waals surface area contributed by atoms with Crippen LogP contribution in [0.4, 0.5) is 5.69 Å². The maximum absolute atomic E-state index is 12.6. The number of aromatic nitrogens is 2. The lowest BCUT2D eigenvalue weighted by Crippen LogP contribution is -2.25. The highest BCUT2D eigenvalue weighted by Crippen LogP contribution is 2.19. The molecule has 0 saturated carbocycles. The van der Waals surface area contributed by atoms with Gasteiger partial charge in [0.15, 0.2) is 5.69 Å². The topological polar surface area (TPSA) is 64.0 Å². The van der Waals surface area contributed by atoms with Gasteiger partial charge >= 0.3 is 0 Å². The van der Waals surface area contributed by atoms with Crippen molar-refractivity contribution in [2.75, 3.05) is 5.32 Å². The second-order valence-corrected chi connectivity index (χ2v) is 5.82. The van der Waals surface area contributed by atoms with Gasteiger partial charge in [-0.1, -0.05) is 48.5 Å². The van der Waals surface area contributed by atoms with Gasteiger partial charge < -0.3 is 5.32 Å². The van der Waals surface area contributed by atoms with Crippen molar-refractivity contribution in [2.45, 2.75) is 0 Å². The second kappa shape index (κ2) is 6.64. The fourth-order valence-corrected chi connectivity index (χ4v) is 2.75. The SMILES string of the molecule is O=C(Nc1ccc2ccccc2c1)c1nn(-c2ccccc2)ccc1=O.